The van der Waals surface area contributed by atoms with Crippen LogP contribution in [0.3, 0.4) is 0 Å². The van der Waals surface area contributed by atoms with Gasteiger partial charge in [-0.1, -0.05) is 36.2 Å². The number of aryl methyl sites for hydroxylation is 2. The molecule has 0 saturated carbocycles. The van der Waals surface area contributed by atoms with Gasteiger partial charge in [-0.15, -0.1) is 0 Å². The molecule has 2 heterocycles. The van der Waals surface area contributed by atoms with Crippen molar-refractivity contribution in [2.45, 2.75) is 62.6 Å². The summed E-state index contributed by atoms with van der Waals surface area (Å²) in [5.41, 5.74) is 1.87. The van der Waals surface area contributed by atoms with Crippen molar-refractivity contribution in [2.24, 2.45) is 0 Å². The molecule has 0 spiro atoms. The van der Waals surface area contributed by atoms with Crippen LogP contribution >= 0.6 is 0 Å². The second kappa shape index (κ2) is 9.32. The van der Waals surface area contributed by atoms with E-state index in [1.165, 1.54) is 12.1 Å². The van der Waals surface area contributed by atoms with Crippen molar-refractivity contribution in [3.05, 3.63) is 84.2 Å². The Bertz CT molecular complexity index is 1080. The number of rotatable bonds is 8. The topological polar surface area (TPSA) is 55.2 Å². The molecule has 1 aliphatic heterocycles. The highest BCUT2D eigenvalue weighted by Crippen LogP contribution is 2.42. The van der Waals surface area contributed by atoms with Crippen LogP contribution in [0.4, 0.5) is 4.39 Å². The third-order valence-electron chi connectivity index (χ3n) is 6.05. The minimum absolute atomic E-state index is 0.0656. The fourth-order valence-corrected chi connectivity index (χ4v) is 6.31. The van der Waals surface area contributed by atoms with Crippen molar-refractivity contribution < 1.29 is 12.8 Å². The lowest BCUT2D eigenvalue weighted by Crippen LogP contribution is -2.37. The van der Waals surface area contributed by atoms with Gasteiger partial charge in [0.1, 0.15) is 5.82 Å². The molecule has 31 heavy (non-hydrogen) atoms. The van der Waals surface area contributed by atoms with Crippen molar-refractivity contribution in [1.82, 2.24) is 13.9 Å². The number of imidazole rings is 1. The van der Waals surface area contributed by atoms with Crippen molar-refractivity contribution >= 4 is 10.0 Å². The Balaban J connectivity index is 1.56. The first-order chi connectivity index (χ1) is 14.9. The lowest BCUT2D eigenvalue weighted by atomic mass is 10.0. The van der Waals surface area contributed by atoms with Gasteiger partial charge >= 0.3 is 0 Å². The largest absolute Gasteiger partial charge is 0.337 e. The van der Waals surface area contributed by atoms with Gasteiger partial charge in [0.15, 0.2) is 0 Å². The van der Waals surface area contributed by atoms with Crippen LogP contribution < -0.4 is 0 Å². The van der Waals surface area contributed by atoms with Crippen LogP contribution in [0.2, 0.25) is 0 Å². The number of benzene rings is 2. The van der Waals surface area contributed by atoms with Crippen molar-refractivity contribution in [3.8, 4) is 0 Å². The van der Waals surface area contributed by atoms with E-state index in [9.17, 15) is 12.8 Å². The SMILES string of the molecule is Cc1ccc(S(=O)(=O)N2[C@@H](CCCCn3ccnc3)CC[C@H]2c2ccc(F)cc2)cc1. The molecule has 3 aromatic rings. The number of sulfonamides is 1. The first-order valence-corrected chi connectivity index (χ1v) is 12.2. The molecule has 7 heteroatoms. The number of nitrogens with zero attached hydrogens (tertiary/aromatic N) is 3. The molecule has 2 aromatic carbocycles. The zero-order chi connectivity index (χ0) is 21.8. The molecule has 2 atom stereocenters. The Morgan fingerprint density at radius 3 is 2.45 bits per heavy atom. The summed E-state index contributed by atoms with van der Waals surface area (Å²) in [6, 6.07) is 12.9. The molecule has 1 aliphatic rings. The number of hydrogen-bond donors (Lipinski definition) is 0. The predicted molar refractivity (Wildman–Crippen MR) is 118 cm³/mol. The lowest BCUT2D eigenvalue weighted by molar-refractivity contribution is 0.306. The molecule has 0 N–H and O–H groups in total. The summed E-state index contributed by atoms with van der Waals surface area (Å²) in [5, 5.41) is 0. The van der Waals surface area contributed by atoms with E-state index in [1.54, 1.807) is 41.1 Å². The Labute approximate surface area is 183 Å². The van der Waals surface area contributed by atoms with Crippen LogP contribution in [-0.4, -0.2) is 28.3 Å². The Morgan fingerprint density at radius 2 is 1.77 bits per heavy atom. The van der Waals surface area contributed by atoms with E-state index in [1.807, 2.05) is 29.8 Å². The first-order valence-electron chi connectivity index (χ1n) is 10.8. The number of unbranched alkanes of at least 4 members (excludes halogenated alkanes) is 1. The summed E-state index contributed by atoms with van der Waals surface area (Å²) in [4.78, 5) is 4.38. The Hall–Kier alpha value is -2.51. The molecular formula is C24H28FN3O2S. The summed E-state index contributed by atoms with van der Waals surface area (Å²) in [7, 11) is -3.67. The van der Waals surface area contributed by atoms with Gasteiger partial charge in [-0.3, -0.25) is 0 Å². The van der Waals surface area contributed by atoms with Gasteiger partial charge in [-0.2, -0.15) is 4.31 Å². The molecule has 5 nitrogen and oxygen atoms in total. The van der Waals surface area contributed by atoms with Crippen LogP contribution in [0, 0.1) is 12.7 Å². The maximum atomic E-state index is 13.7. The Morgan fingerprint density at radius 1 is 1.03 bits per heavy atom. The fraction of sp³-hybridized carbons (Fsp3) is 0.375. The zero-order valence-electron chi connectivity index (χ0n) is 17.7. The molecule has 1 saturated heterocycles. The van der Waals surface area contributed by atoms with Gasteiger partial charge in [0, 0.05) is 25.0 Å². The maximum absolute atomic E-state index is 13.7. The van der Waals surface area contributed by atoms with Gasteiger partial charge < -0.3 is 4.57 Å². The minimum atomic E-state index is -3.67. The van der Waals surface area contributed by atoms with Crippen molar-refractivity contribution in [3.63, 3.8) is 0 Å². The summed E-state index contributed by atoms with van der Waals surface area (Å²) < 4.78 is 44.5. The summed E-state index contributed by atoms with van der Waals surface area (Å²) in [6.07, 6.45) is 9.74. The van der Waals surface area contributed by atoms with E-state index in [-0.39, 0.29) is 17.9 Å². The molecule has 0 amide bonds. The standard InChI is InChI=1S/C24H28FN3O2S/c1-19-5-12-23(13-6-19)31(29,30)28-22(4-2-3-16-27-17-15-26-18-27)11-14-24(28)20-7-9-21(25)10-8-20/h5-10,12-13,15,17-18,22,24H,2-4,11,14,16H2,1H3/t22-,24-/m0/s1. The van der Waals surface area contributed by atoms with E-state index in [4.69, 9.17) is 0 Å². The van der Waals surface area contributed by atoms with Crippen molar-refractivity contribution in [1.29, 1.82) is 0 Å². The van der Waals surface area contributed by atoms with Crippen molar-refractivity contribution in [2.75, 3.05) is 0 Å². The smallest absolute Gasteiger partial charge is 0.243 e. The second-order valence-corrected chi connectivity index (χ2v) is 10.1. The zero-order valence-corrected chi connectivity index (χ0v) is 18.5. The Kier molecular flexibility index (Phi) is 6.53. The van der Waals surface area contributed by atoms with Gasteiger partial charge in [-0.25, -0.2) is 17.8 Å². The van der Waals surface area contributed by atoms with E-state index in [0.29, 0.717) is 4.90 Å². The monoisotopic (exact) mass is 441 g/mol. The van der Waals surface area contributed by atoms with E-state index in [0.717, 1.165) is 49.8 Å². The van der Waals surface area contributed by atoms with E-state index >= 15 is 0 Å². The second-order valence-electron chi connectivity index (χ2n) is 8.24. The van der Waals surface area contributed by atoms with Crippen LogP contribution in [0.1, 0.15) is 49.3 Å². The molecule has 1 fully saturated rings. The maximum Gasteiger partial charge on any atom is 0.243 e. The molecule has 0 radical (unpaired) electrons. The average Bonchev–Trinajstić information content (AvgIpc) is 3.42. The quantitative estimate of drug-likeness (QED) is 0.457. The summed E-state index contributed by atoms with van der Waals surface area (Å²) in [6.45, 7) is 2.81. The molecule has 164 valence electrons. The molecular weight excluding hydrogens is 413 g/mol. The molecule has 0 aliphatic carbocycles. The minimum Gasteiger partial charge on any atom is -0.337 e. The predicted octanol–water partition coefficient (Wildman–Crippen LogP) is 5.10. The highest BCUT2D eigenvalue weighted by molar-refractivity contribution is 7.89. The normalized spacial score (nSPS) is 19.7. The third-order valence-corrected chi connectivity index (χ3v) is 8.03. The number of aromatic nitrogens is 2. The van der Waals surface area contributed by atoms with E-state index < -0.39 is 10.0 Å². The lowest BCUT2D eigenvalue weighted by Gasteiger charge is -2.30. The van der Waals surface area contributed by atoms with Crippen LogP contribution in [0.5, 0.6) is 0 Å². The molecule has 0 unspecified atom stereocenters. The highest BCUT2D eigenvalue weighted by atomic mass is 32.2. The van der Waals surface area contributed by atoms with Gasteiger partial charge in [0.2, 0.25) is 10.0 Å². The molecule has 4 rings (SSSR count). The molecule has 1 aromatic heterocycles. The molecule has 0 bridgehead atoms. The summed E-state index contributed by atoms with van der Waals surface area (Å²) in [5.74, 6) is -0.314. The fourth-order valence-electron chi connectivity index (χ4n) is 4.42. The number of hydrogen-bond acceptors (Lipinski definition) is 3. The van der Waals surface area contributed by atoms with Crippen LogP contribution in [0.15, 0.2) is 72.1 Å². The first kappa shape index (κ1) is 21.7. The van der Waals surface area contributed by atoms with Gasteiger partial charge in [0.25, 0.3) is 0 Å². The average molecular weight is 442 g/mol. The van der Waals surface area contributed by atoms with Crippen LogP contribution in [0.25, 0.3) is 0 Å². The number of halogens is 1. The van der Waals surface area contributed by atoms with E-state index in [2.05, 4.69) is 4.98 Å². The highest BCUT2D eigenvalue weighted by Gasteiger charge is 2.42. The summed E-state index contributed by atoms with van der Waals surface area (Å²) >= 11 is 0. The van der Waals surface area contributed by atoms with Crippen LogP contribution in [-0.2, 0) is 16.6 Å². The van der Waals surface area contributed by atoms with Gasteiger partial charge in [0.05, 0.1) is 17.3 Å². The van der Waals surface area contributed by atoms with Gasteiger partial charge in [-0.05, 0) is 62.4 Å². The third kappa shape index (κ3) is 4.88.